The predicted octanol–water partition coefficient (Wildman–Crippen LogP) is 3.28. The van der Waals surface area contributed by atoms with Crippen molar-refractivity contribution in [2.75, 3.05) is 0 Å². The Morgan fingerprint density at radius 2 is 1.92 bits per heavy atom. The summed E-state index contributed by atoms with van der Waals surface area (Å²) in [7, 11) is 0. The van der Waals surface area contributed by atoms with Crippen molar-refractivity contribution in [2.45, 2.75) is 51.2 Å². The molecule has 0 aromatic heterocycles. The number of aryl methyl sites for hydroxylation is 1. The Morgan fingerprint density at radius 3 is 2.58 bits per heavy atom. The first-order valence-electron chi connectivity index (χ1n) is 8.81. The van der Waals surface area contributed by atoms with E-state index in [1.54, 1.807) is 0 Å². The van der Waals surface area contributed by atoms with Gasteiger partial charge in [0.1, 0.15) is 0 Å². The van der Waals surface area contributed by atoms with Gasteiger partial charge in [-0.25, -0.2) is 0 Å². The van der Waals surface area contributed by atoms with Crippen molar-refractivity contribution in [3.8, 4) is 0 Å². The maximum Gasteiger partial charge on any atom is 0.235 e. The van der Waals surface area contributed by atoms with Gasteiger partial charge in [0.2, 0.25) is 5.91 Å². The van der Waals surface area contributed by atoms with Crippen molar-refractivity contribution >= 4 is 5.91 Å². The topological polar surface area (TPSA) is 46.3 Å². The van der Waals surface area contributed by atoms with Gasteiger partial charge in [-0.05, 0) is 59.9 Å². The molecule has 2 aliphatic rings. The van der Waals surface area contributed by atoms with E-state index in [1.807, 2.05) is 6.07 Å². The Hall–Kier alpha value is -2.13. The molecule has 1 fully saturated rings. The van der Waals surface area contributed by atoms with Crippen LogP contribution in [0, 0.1) is 6.92 Å². The summed E-state index contributed by atoms with van der Waals surface area (Å²) in [6.45, 7) is 3.76. The van der Waals surface area contributed by atoms with E-state index in [-0.39, 0.29) is 11.9 Å². The van der Waals surface area contributed by atoms with Gasteiger partial charge in [-0.15, -0.1) is 0 Å². The van der Waals surface area contributed by atoms with Crippen molar-refractivity contribution in [2.24, 2.45) is 5.73 Å². The maximum atomic E-state index is 12.0. The first-order chi connectivity index (χ1) is 11.6. The molecule has 3 heteroatoms. The second-order valence-electron chi connectivity index (χ2n) is 7.26. The molecule has 4 rings (SSSR count). The van der Waals surface area contributed by atoms with E-state index in [1.165, 1.54) is 40.7 Å². The van der Waals surface area contributed by atoms with Crippen LogP contribution in [0.5, 0.6) is 0 Å². The molecule has 1 saturated carbocycles. The van der Waals surface area contributed by atoms with Gasteiger partial charge in [0, 0.05) is 13.1 Å². The molecule has 0 radical (unpaired) electrons. The van der Waals surface area contributed by atoms with E-state index < -0.39 is 0 Å². The van der Waals surface area contributed by atoms with Gasteiger partial charge in [-0.3, -0.25) is 9.69 Å². The van der Waals surface area contributed by atoms with E-state index in [9.17, 15) is 4.79 Å². The summed E-state index contributed by atoms with van der Waals surface area (Å²) in [5, 5.41) is 0. The largest absolute Gasteiger partial charge is 0.368 e. The van der Waals surface area contributed by atoms with Gasteiger partial charge in [-0.1, -0.05) is 42.5 Å². The van der Waals surface area contributed by atoms with Crippen LogP contribution in [0.4, 0.5) is 0 Å². The van der Waals surface area contributed by atoms with E-state index in [4.69, 9.17) is 5.73 Å². The lowest BCUT2D eigenvalue weighted by Crippen LogP contribution is -2.48. The summed E-state index contributed by atoms with van der Waals surface area (Å²) in [6.07, 6.45) is 3.37. The van der Waals surface area contributed by atoms with Crippen LogP contribution in [0.25, 0.3) is 0 Å². The molecule has 1 heterocycles. The number of fused-ring (bicyclic) bond motifs is 1. The predicted molar refractivity (Wildman–Crippen MR) is 95.5 cm³/mol. The number of hydrogen-bond acceptors (Lipinski definition) is 2. The van der Waals surface area contributed by atoms with Gasteiger partial charge in [-0.2, -0.15) is 0 Å². The highest BCUT2D eigenvalue weighted by molar-refractivity contribution is 5.80. The van der Waals surface area contributed by atoms with Gasteiger partial charge >= 0.3 is 0 Å². The quantitative estimate of drug-likeness (QED) is 0.939. The smallest absolute Gasteiger partial charge is 0.235 e. The van der Waals surface area contributed by atoms with Crippen molar-refractivity contribution in [3.05, 3.63) is 70.3 Å². The molecule has 0 bridgehead atoms. The molecule has 0 saturated heterocycles. The SMILES string of the molecule is Cc1cc(CN2Cc3ccccc3CC2C(N)=O)ccc1C1CC1. The standard InChI is InChI=1S/C21H24N2O/c1-14-10-15(6-9-19(14)16-7-8-16)12-23-13-18-5-3-2-4-17(18)11-20(23)21(22)24/h2-6,9-10,16,20H,7-8,11-13H2,1H3,(H2,22,24). The minimum absolute atomic E-state index is 0.219. The Bertz CT molecular complexity index is 779. The van der Waals surface area contributed by atoms with Gasteiger partial charge in [0.05, 0.1) is 6.04 Å². The Morgan fingerprint density at radius 1 is 1.17 bits per heavy atom. The van der Waals surface area contributed by atoms with E-state index >= 15 is 0 Å². The fourth-order valence-electron chi connectivity index (χ4n) is 3.95. The number of carbonyl (C=O) groups excluding carboxylic acids is 1. The number of primary amides is 1. The van der Waals surface area contributed by atoms with Crippen LogP contribution >= 0.6 is 0 Å². The van der Waals surface area contributed by atoms with Crippen LogP contribution in [0.15, 0.2) is 42.5 Å². The van der Waals surface area contributed by atoms with Crippen molar-refractivity contribution in [3.63, 3.8) is 0 Å². The molecular formula is C21H24N2O. The average molecular weight is 320 g/mol. The normalized spacial score (nSPS) is 20.6. The molecule has 1 amide bonds. The minimum atomic E-state index is -0.226. The average Bonchev–Trinajstić information content (AvgIpc) is 3.39. The third-order valence-electron chi connectivity index (χ3n) is 5.41. The third-order valence-corrected chi connectivity index (χ3v) is 5.41. The van der Waals surface area contributed by atoms with Gasteiger partial charge in [0.25, 0.3) is 0 Å². The molecule has 124 valence electrons. The lowest BCUT2D eigenvalue weighted by atomic mass is 9.93. The van der Waals surface area contributed by atoms with E-state index in [0.29, 0.717) is 6.42 Å². The number of hydrogen-bond donors (Lipinski definition) is 1. The molecule has 3 nitrogen and oxygen atoms in total. The Labute approximate surface area is 143 Å². The van der Waals surface area contributed by atoms with E-state index in [0.717, 1.165) is 19.0 Å². The maximum absolute atomic E-state index is 12.0. The van der Waals surface area contributed by atoms with Gasteiger partial charge in [0.15, 0.2) is 0 Å². The molecule has 2 N–H and O–H groups in total. The molecule has 1 aliphatic carbocycles. The molecule has 1 aliphatic heterocycles. The zero-order valence-electron chi connectivity index (χ0n) is 14.2. The number of nitrogens with two attached hydrogens (primary N) is 1. The third kappa shape index (κ3) is 2.96. The molecular weight excluding hydrogens is 296 g/mol. The van der Waals surface area contributed by atoms with Crippen LogP contribution in [0.1, 0.15) is 46.6 Å². The Balaban J connectivity index is 1.58. The minimum Gasteiger partial charge on any atom is -0.368 e. The summed E-state index contributed by atoms with van der Waals surface area (Å²) in [5.74, 6) is 0.551. The Kier molecular flexibility index (Phi) is 3.89. The van der Waals surface area contributed by atoms with E-state index in [2.05, 4.69) is 48.2 Å². The van der Waals surface area contributed by atoms with Crippen LogP contribution in [0.2, 0.25) is 0 Å². The monoisotopic (exact) mass is 320 g/mol. The number of carbonyl (C=O) groups is 1. The second kappa shape index (κ2) is 6.06. The molecule has 1 atom stereocenters. The van der Waals surface area contributed by atoms with Gasteiger partial charge < -0.3 is 5.73 Å². The summed E-state index contributed by atoms with van der Waals surface area (Å²) < 4.78 is 0. The van der Waals surface area contributed by atoms with Crippen LogP contribution < -0.4 is 5.73 Å². The first-order valence-corrected chi connectivity index (χ1v) is 8.81. The highest BCUT2D eigenvalue weighted by Crippen LogP contribution is 2.41. The highest BCUT2D eigenvalue weighted by Gasteiger charge is 2.30. The fourth-order valence-corrected chi connectivity index (χ4v) is 3.95. The van der Waals surface area contributed by atoms with Crippen LogP contribution in [0.3, 0.4) is 0 Å². The van der Waals surface area contributed by atoms with Crippen molar-refractivity contribution in [1.82, 2.24) is 4.90 Å². The zero-order chi connectivity index (χ0) is 16.7. The van der Waals surface area contributed by atoms with Crippen LogP contribution in [-0.2, 0) is 24.3 Å². The number of nitrogens with zero attached hydrogens (tertiary/aromatic N) is 1. The summed E-state index contributed by atoms with van der Waals surface area (Å²) in [4.78, 5) is 14.2. The molecule has 0 spiro atoms. The molecule has 24 heavy (non-hydrogen) atoms. The number of benzene rings is 2. The van der Waals surface area contributed by atoms with Crippen molar-refractivity contribution in [1.29, 1.82) is 0 Å². The first kappa shape index (κ1) is 15.4. The number of amides is 1. The molecule has 2 aromatic rings. The zero-order valence-corrected chi connectivity index (χ0v) is 14.2. The molecule has 1 unspecified atom stereocenters. The number of rotatable bonds is 4. The van der Waals surface area contributed by atoms with Crippen LogP contribution in [-0.4, -0.2) is 16.8 Å². The second-order valence-corrected chi connectivity index (χ2v) is 7.26. The molecule has 2 aromatic carbocycles. The lowest BCUT2D eigenvalue weighted by molar-refractivity contribution is -0.124. The summed E-state index contributed by atoms with van der Waals surface area (Å²) in [6, 6.07) is 14.9. The fraction of sp³-hybridized carbons (Fsp3) is 0.381. The highest BCUT2D eigenvalue weighted by atomic mass is 16.1. The summed E-state index contributed by atoms with van der Waals surface area (Å²) >= 11 is 0. The summed E-state index contributed by atoms with van der Waals surface area (Å²) in [5.41, 5.74) is 12.4. The van der Waals surface area contributed by atoms with Crippen molar-refractivity contribution < 1.29 is 4.79 Å². The lowest BCUT2D eigenvalue weighted by Gasteiger charge is -2.35.